The van der Waals surface area contributed by atoms with Gasteiger partial charge in [0.1, 0.15) is 18.2 Å². The predicted octanol–water partition coefficient (Wildman–Crippen LogP) is 6.37. The summed E-state index contributed by atoms with van der Waals surface area (Å²) in [4.78, 5) is 60.7. The van der Waals surface area contributed by atoms with Crippen molar-refractivity contribution in [3.8, 4) is 11.3 Å². The molecule has 11 nitrogen and oxygen atoms in total. The Balaban J connectivity index is 1.14. The Morgan fingerprint density at radius 3 is 2.44 bits per heavy atom. The first kappa shape index (κ1) is 33.8. The molecule has 3 aliphatic rings. The molecule has 2 aromatic carbocycles. The monoisotopic (exact) mass is 691 g/mol. The van der Waals surface area contributed by atoms with Crippen molar-refractivity contribution < 1.29 is 28.7 Å². The highest BCUT2D eigenvalue weighted by Gasteiger charge is 2.47. The van der Waals surface area contributed by atoms with Crippen LogP contribution < -0.4 is 10.6 Å². The van der Waals surface area contributed by atoms with Crippen LogP contribution in [0.1, 0.15) is 62.4 Å². The van der Waals surface area contributed by atoms with Gasteiger partial charge < -0.3 is 25.0 Å². The molecule has 2 saturated heterocycles. The topological polar surface area (TPSA) is 130 Å². The molecule has 3 fully saturated rings. The molecule has 1 saturated carbocycles. The molecule has 3 aromatic rings. The molecule has 13 heteroatoms. The van der Waals surface area contributed by atoms with E-state index in [2.05, 4.69) is 15.6 Å². The Kier molecular flexibility index (Phi) is 10.3. The second kappa shape index (κ2) is 14.6. The lowest BCUT2D eigenvalue weighted by Gasteiger charge is -2.39. The summed E-state index contributed by atoms with van der Waals surface area (Å²) in [5.74, 6) is -0.128. The number of hydrogen-bond acceptors (Lipinski definition) is 9. The molecule has 3 heterocycles. The van der Waals surface area contributed by atoms with Gasteiger partial charge in [-0.25, -0.2) is 14.6 Å². The number of hydrogen-bond donors (Lipinski definition) is 2. The summed E-state index contributed by atoms with van der Waals surface area (Å²) in [5, 5.41) is 7.80. The Bertz CT molecular complexity index is 1620. The van der Waals surface area contributed by atoms with Crippen LogP contribution >= 0.6 is 23.1 Å². The van der Waals surface area contributed by atoms with E-state index < -0.39 is 17.7 Å². The molecular formula is C35H41N5O6S2. The maximum atomic E-state index is 13.8. The quantitative estimate of drug-likeness (QED) is 0.279. The van der Waals surface area contributed by atoms with Gasteiger partial charge in [-0.05, 0) is 64.2 Å². The molecule has 254 valence electrons. The molecule has 0 radical (unpaired) electrons. The van der Waals surface area contributed by atoms with E-state index in [4.69, 9.17) is 9.47 Å². The van der Waals surface area contributed by atoms with Gasteiger partial charge >= 0.3 is 12.2 Å². The van der Waals surface area contributed by atoms with Crippen LogP contribution in [0.4, 0.5) is 14.7 Å². The fourth-order valence-corrected chi connectivity index (χ4v) is 8.10. The predicted molar refractivity (Wildman–Crippen MR) is 186 cm³/mol. The number of likely N-dealkylation sites (tertiary alicyclic amines) is 1. The van der Waals surface area contributed by atoms with Crippen molar-refractivity contribution in [3.63, 3.8) is 0 Å². The van der Waals surface area contributed by atoms with Gasteiger partial charge in [0.2, 0.25) is 5.91 Å². The molecule has 0 bridgehead atoms. The second-order valence-electron chi connectivity index (χ2n) is 13.4. The van der Waals surface area contributed by atoms with Crippen molar-refractivity contribution in [2.24, 2.45) is 5.92 Å². The Hall–Kier alpha value is -4.10. The number of anilines is 1. The lowest BCUT2D eigenvalue weighted by molar-refractivity contribution is -0.120. The van der Waals surface area contributed by atoms with Gasteiger partial charge in [-0.15, -0.1) is 23.1 Å². The van der Waals surface area contributed by atoms with Crippen LogP contribution in [0.5, 0.6) is 0 Å². The van der Waals surface area contributed by atoms with E-state index in [0.29, 0.717) is 35.2 Å². The van der Waals surface area contributed by atoms with Gasteiger partial charge in [0.05, 0.1) is 11.1 Å². The van der Waals surface area contributed by atoms with Crippen LogP contribution in [0.25, 0.3) is 11.3 Å². The summed E-state index contributed by atoms with van der Waals surface area (Å²) in [5.41, 5.74) is 2.31. The van der Waals surface area contributed by atoms with Crippen molar-refractivity contribution in [1.82, 2.24) is 20.1 Å². The van der Waals surface area contributed by atoms with E-state index >= 15 is 0 Å². The maximum Gasteiger partial charge on any atom is 0.411 e. The minimum Gasteiger partial charge on any atom is -0.445 e. The van der Waals surface area contributed by atoms with Gasteiger partial charge in [0, 0.05) is 47.3 Å². The van der Waals surface area contributed by atoms with Crippen LogP contribution in [0.2, 0.25) is 0 Å². The van der Waals surface area contributed by atoms with Gasteiger partial charge in [-0.3, -0.25) is 14.5 Å². The molecule has 2 N–H and O–H groups in total. The Morgan fingerprint density at radius 2 is 1.73 bits per heavy atom. The van der Waals surface area contributed by atoms with E-state index in [-0.39, 0.29) is 41.8 Å². The number of piperidine rings is 1. The maximum absolute atomic E-state index is 13.8. The van der Waals surface area contributed by atoms with E-state index in [1.807, 2.05) is 68.6 Å². The summed E-state index contributed by atoms with van der Waals surface area (Å²) < 4.78 is 11.4. The Morgan fingerprint density at radius 1 is 0.979 bits per heavy atom. The zero-order valence-corrected chi connectivity index (χ0v) is 29.0. The van der Waals surface area contributed by atoms with Gasteiger partial charge in [-0.1, -0.05) is 42.5 Å². The number of thioether (sulfide) groups is 1. The molecule has 4 amide bonds. The number of thiazole rings is 1. The van der Waals surface area contributed by atoms with Gasteiger partial charge in [-0.2, -0.15) is 0 Å². The summed E-state index contributed by atoms with van der Waals surface area (Å²) in [6.07, 6.45) is 2.66. The van der Waals surface area contributed by atoms with Crippen molar-refractivity contribution in [2.75, 3.05) is 24.2 Å². The summed E-state index contributed by atoms with van der Waals surface area (Å²) in [6, 6.07) is 16.1. The normalized spacial score (nSPS) is 21.0. The first-order valence-corrected chi connectivity index (χ1v) is 18.2. The van der Waals surface area contributed by atoms with E-state index in [1.54, 1.807) is 21.9 Å². The molecule has 6 rings (SSSR count). The minimum absolute atomic E-state index is 0.0702. The Labute approximate surface area is 288 Å². The van der Waals surface area contributed by atoms with Crippen molar-refractivity contribution in [1.29, 1.82) is 0 Å². The highest BCUT2D eigenvalue weighted by molar-refractivity contribution is 8.00. The van der Waals surface area contributed by atoms with Crippen LogP contribution in [0.3, 0.4) is 0 Å². The molecule has 1 aromatic heterocycles. The number of carbonyl (C=O) groups excluding carboxylic acids is 4. The number of benzene rings is 2. The van der Waals surface area contributed by atoms with Crippen LogP contribution in [-0.4, -0.2) is 80.7 Å². The zero-order valence-electron chi connectivity index (χ0n) is 27.3. The molecular weight excluding hydrogens is 651 g/mol. The van der Waals surface area contributed by atoms with Crippen molar-refractivity contribution >= 4 is 52.2 Å². The highest BCUT2D eigenvalue weighted by atomic mass is 32.2. The van der Waals surface area contributed by atoms with Crippen molar-refractivity contribution in [3.05, 3.63) is 71.1 Å². The summed E-state index contributed by atoms with van der Waals surface area (Å²) in [7, 11) is 0. The minimum atomic E-state index is -0.795. The number of rotatable bonds is 8. The molecule has 1 aliphatic carbocycles. The average Bonchev–Trinajstić information content (AvgIpc) is 3.57. The number of amides is 4. The van der Waals surface area contributed by atoms with E-state index in [9.17, 15) is 19.2 Å². The summed E-state index contributed by atoms with van der Waals surface area (Å²) >= 11 is 2.82. The molecule has 3 atom stereocenters. The lowest BCUT2D eigenvalue weighted by atomic mass is 9.97. The van der Waals surface area contributed by atoms with Gasteiger partial charge in [0.15, 0.2) is 5.13 Å². The third kappa shape index (κ3) is 8.48. The third-order valence-corrected chi connectivity index (χ3v) is 10.6. The zero-order chi connectivity index (χ0) is 33.8. The van der Waals surface area contributed by atoms with Crippen LogP contribution in [0, 0.1) is 5.92 Å². The van der Waals surface area contributed by atoms with Crippen molar-refractivity contribution in [2.45, 2.75) is 76.1 Å². The average molecular weight is 692 g/mol. The highest BCUT2D eigenvalue weighted by Crippen LogP contribution is 2.39. The van der Waals surface area contributed by atoms with Crippen LogP contribution in [-0.2, 0) is 20.9 Å². The number of carbonyl (C=O) groups is 4. The smallest absolute Gasteiger partial charge is 0.411 e. The van der Waals surface area contributed by atoms with E-state index in [0.717, 1.165) is 36.8 Å². The first-order chi connectivity index (χ1) is 23.0. The number of nitrogens with zero attached hydrogens (tertiary/aromatic N) is 3. The third-order valence-electron chi connectivity index (χ3n) is 8.36. The molecule has 2 aliphatic heterocycles. The second-order valence-corrected chi connectivity index (χ2v) is 15.4. The number of aromatic nitrogens is 1. The SMILES string of the molecule is CC(C)(C)OC(=O)N1CCCC(C2SCC(C(=O)Nc3nc(-c4ccc(C(=O)NC5CC5)cc4)cs3)N2C(=O)OCc2ccccc2)C1. The number of ether oxygens (including phenoxy) is 2. The van der Waals surface area contributed by atoms with Crippen LogP contribution in [0.15, 0.2) is 60.0 Å². The first-order valence-electron chi connectivity index (χ1n) is 16.3. The summed E-state index contributed by atoms with van der Waals surface area (Å²) in [6.45, 7) is 6.58. The van der Waals surface area contributed by atoms with Gasteiger partial charge in [0.25, 0.3) is 5.91 Å². The molecule has 3 unspecified atom stereocenters. The molecule has 0 spiro atoms. The number of nitrogens with one attached hydrogen (secondary N) is 2. The van der Waals surface area contributed by atoms with E-state index in [1.165, 1.54) is 23.1 Å². The fraction of sp³-hybridized carbons (Fsp3) is 0.457. The lowest BCUT2D eigenvalue weighted by Crippen LogP contribution is -2.53. The standard InChI is InChI=1S/C35H41N5O6S2/c1-35(2,3)46-33(43)39-17-7-10-25(18-39)31-40(34(44)45-19-22-8-5-4-6-9-22)28(21-47-31)30(42)38-32-37-27(20-48-32)23-11-13-24(14-12-23)29(41)36-26-15-16-26/h4-6,8-9,11-14,20,25-26,28,31H,7,10,15-19,21H2,1-3H3,(H,36,41)(H,37,38,42). The molecule has 48 heavy (non-hydrogen) atoms. The largest absolute Gasteiger partial charge is 0.445 e. The fourth-order valence-electron chi connectivity index (χ4n) is 5.79.